The van der Waals surface area contributed by atoms with Crippen LogP contribution in [0.2, 0.25) is 0 Å². The third kappa shape index (κ3) is 2.93. The first-order chi connectivity index (χ1) is 12.8. The minimum absolute atomic E-state index is 0.363. The van der Waals surface area contributed by atoms with E-state index < -0.39 is 10.0 Å². The summed E-state index contributed by atoms with van der Waals surface area (Å²) in [5, 5.41) is 1.11. The number of aryl methyl sites for hydroxylation is 3. The molecule has 3 aromatic rings. The van der Waals surface area contributed by atoms with Gasteiger partial charge in [-0.15, -0.1) is 0 Å². The molecule has 1 N–H and O–H groups in total. The predicted octanol–water partition coefficient (Wildman–Crippen LogP) is 3.85. The van der Waals surface area contributed by atoms with Crippen LogP contribution >= 0.6 is 0 Å². The molecule has 4 rings (SSSR count). The molecule has 1 aromatic heterocycles. The Hall–Kier alpha value is -2.31. The lowest BCUT2D eigenvalue weighted by molar-refractivity contribution is 0.388. The number of benzene rings is 2. The van der Waals surface area contributed by atoms with Crippen molar-refractivity contribution in [3.63, 3.8) is 0 Å². The van der Waals surface area contributed by atoms with Crippen LogP contribution in [0.15, 0.2) is 35.2 Å². The van der Waals surface area contributed by atoms with E-state index in [1.165, 1.54) is 5.56 Å². The Labute approximate surface area is 160 Å². The van der Waals surface area contributed by atoms with E-state index in [2.05, 4.69) is 4.98 Å². The van der Waals surface area contributed by atoms with E-state index in [1.807, 2.05) is 51.1 Å². The van der Waals surface area contributed by atoms with Gasteiger partial charge in [-0.25, -0.2) is 8.42 Å². The minimum atomic E-state index is -3.54. The largest absolute Gasteiger partial charge is 0.497 e. The molecule has 2 aromatic carbocycles. The Balaban J connectivity index is 1.74. The molecule has 0 amide bonds. The number of nitrogens with zero attached hydrogens (tertiary/aromatic N) is 1. The standard InChI is InChI=1S/C21H24N2O3S/c1-13-9-14(2)21(15(3)10-13)27(24,25)23-8-7-17-18-11-16(26-4)5-6-19(18)22-20(17)12-23/h5-6,9-11,22H,7-8,12H2,1-4H3. The maximum atomic E-state index is 13.4. The summed E-state index contributed by atoms with van der Waals surface area (Å²) in [5.74, 6) is 0.810. The van der Waals surface area contributed by atoms with Crippen molar-refractivity contribution in [3.8, 4) is 5.75 Å². The topological polar surface area (TPSA) is 62.4 Å². The van der Waals surface area contributed by atoms with Gasteiger partial charge in [0.1, 0.15) is 5.75 Å². The molecule has 1 aliphatic rings. The van der Waals surface area contributed by atoms with Gasteiger partial charge >= 0.3 is 0 Å². The maximum Gasteiger partial charge on any atom is 0.243 e. The molecule has 0 aliphatic carbocycles. The van der Waals surface area contributed by atoms with E-state index >= 15 is 0 Å². The average Bonchev–Trinajstić information content (AvgIpc) is 2.97. The van der Waals surface area contributed by atoms with Crippen molar-refractivity contribution < 1.29 is 13.2 Å². The molecule has 0 bridgehead atoms. The summed E-state index contributed by atoms with van der Waals surface area (Å²) in [7, 11) is -1.89. The number of methoxy groups -OCH3 is 1. The van der Waals surface area contributed by atoms with Gasteiger partial charge in [-0.1, -0.05) is 17.7 Å². The molecule has 5 nitrogen and oxygen atoms in total. The highest BCUT2D eigenvalue weighted by molar-refractivity contribution is 7.89. The molecule has 0 radical (unpaired) electrons. The highest BCUT2D eigenvalue weighted by Gasteiger charge is 2.32. The van der Waals surface area contributed by atoms with E-state index in [-0.39, 0.29) is 0 Å². The molecular formula is C21H24N2O3S. The molecule has 0 saturated carbocycles. The molecule has 0 fully saturated rings. The summed E-state index contributed by atoms with van der Waals surface area (Å²) in [4.78, 5) is 3.84. The lowest BCUT2D eigenvalue weighted by atomic mass is 10.0. The Kier molecular flexibility index (Phi) is 4.28. The van der Waals surface area contributed by atoms with Crippen LogP contribution in [-0.2, 0) is 23.0 Å². The first-order valence-corrected chi connectivity index (χ1v) is 10.5. The van der Waals surface area contributed by atoms with Gasteiger partial charge in [0.05, 0.1) is 18.6 Å². The number of aromatic nitrogens is 1. The van der Waals surface area contributed by atoms with Crippen molar-refractivity contribution in [2.75, 3.05) is 13.7 Å². The first kappa shape index (κ1) is 18.1. The number of H-pyrrole nitrogens is 1. The molecule has 1 aliphatic heterocycles. The van der Waals surface area contributed by atoms with E-state index in [0.717, 1.165) is 39.0 Å². The van der Waals surface area contributed by atoms with Crippen LogP contribution in [0.3, 0.4) is 0 Å². The highest BCUT2D eigenvalue weighted by atomic mass is 32.2. The van der Waals surface area contributed by atoms with Gasteiger partial charge in [0.2, 0.25) is 10.0 Å². The number of nitrogens with one attached hydrogen (secondary N) is 1. The van der Waals surface area contributed by atoms with Gasteiger partial charge in [-0.05, 0) is 62.1 Å². The lowest BCUT2D eigenvalue weighted by Crippen LogP contribution is -2.36. The summed E-state index contributed by atoms with van der Waals surface area (Å²) >= 11 is 0. The zero-order valence-electron chi connectivity index (χ0n) is 16.1. The van der Waals surface area contributed by atoms with E-state index in [0.29, 0.717) is 24.4 Å². The smallest absolute Gasteiger partial charge is 0.243 e. The summed E-state index contributed by atoms with van der Waals surface area (Å²) in [6, 6.07) is 9.79. The fourth-order valence-electron chi connectivity index (χ4n) is 4.23. The lowest BCUT2D eigenvalue weighted by Gasteiger charge is -2.28. The fraction of sp³-hybridized carbons (Fsp3) is 0.333. The summed E-state index contributed by atoms with van der Waals surface area (Å²) in [5.41, 5.74) is 5.86. The van der Waals surface area contributed by atoms with Crippen LogP contribution in [0.1, 0.15) is 27.9 Å². The second kappa shape index (κ2) is 6.39. The quantitative estimate of drug-likeness (QED) is 0.746. The van der Waals surface area contributed by atoms with E-state index in [4.69, 9.17) is 4.74 Å². The first-order valence-electron chi connectivity index (χ1n) is 9.06. The molecule has 27 heavy (non-hydrogen) atoms. The van der Waals surface area contributed by atoms with Crippen molar-refractivity contribution in [3.05, 3.63) is 58.3 Å². The third-order valence-electron chi connectivity index (χ3n) is 5.35. The number of sulfonamides is 1. The van der Waals surface area contributed by atoms with E-state index in [1.54, 1.807) is 11.4 Å². The maximum absolute atomic E-state index is 13.4. The summed E-state index contributed by atoms with van der Waals surface area (Å²) in [6.45, 7) is 6.57. The van der Waals surface area contributed by atoms with Gasteiger partial charge < -0.3 is 9.72 Å². The van der Waals surface area contributed by atoms with Gasteiger partial charge in [-0.2, -0.15) is 4.31 Å². The van der Waals surface area contributed by atoms with Gasteiger partial charge in [-0.3, -0.25) is 0 Å². The second-order valence-corrected chi connectivity index (χ2v) is 9.18. The van der Waals surface area contributed by atoms with Crippen molar-refractivity contribution in [1.29, 1.82) is 0 Å². The summed E-state index contributed by atoms with van der Waals surface area (Å²) in [6.07, 6.45) is 0.686. The van der Waals surface area contributed by atoms with Crippen LogP contribution < -0.4 is 4.74 Å². The van der Waals surface area contributed by atoms with Crippen LogP contribution in [-0.4, -0.2) is 31.4 Å². The molecule has 0 unspecified atom stereocenters. The average molecular weight is 385 g/mol. The molecular weight excluding hydrogens is 360 g/mol. The zero-order chi connectivity index (χ0) is 19.3. The molecule has 2 heterocycles. The van der Waals surface area contributed by atoms with Crippen molar-refractivity contribution in [2.45, 2.75) is 38.6 Å². The number of hydrogen-bond acceptors (Lipinski definition) is 3. The van der Waals surface area contributed by atoms with Gasteiger partial charge in [0, 0.05) is 23.1 Å². The molecule has 0 spiro atoms. The Bertz CT molecular complexity index is 1120. The minimum Gasteiger partial charge on any atom is -0.497 e. The van der Waals surface area contributed by atoms with Crippen LogP contribution in [0.25, 0.3) is 10.9 Å². The number of fused-ring (bicyclic) bond motifs is 3. The Morgan fingerprint density at radius 1 is 1.07 bits per heavy atom. The zero-order valence-corrected chi connectivity index (χ0v) is 16.9. The highest BCUT2D eigenvalue weighted by Crippen LogP contribution is 2.33. The number of rotatable bonds is 3. The third-order valence-corrected chi connectivity index (χ3v) is 7.50. The normalized spacial score (nSPS) is 15.1. The molecule has 142 valence electrons. The number of hydrogen-bond donors (Lipinski definition) is 1. The number of ether oxygens (including phenoxy) is 1. The molecule has 6 heteroatoms. The van der Waals surface area contributed by atoms with Crippen molar-refractivity contribution in [2.24, 2.45) is 0 Å². The Morgan fingerprint density at radius 3 is 2.44 bits per heavy atom. The number of aromatic amines is 1. The van der Waals surface area contributed by atoms with Crippen molar-refractivity contribution in [1.82, 2.24) is 9.29 Å². The fourth-order valence-corrected chi connectivity index (χ4v) is 6.05. The summed E-state index contributed by atoms with van der Waals surface area (Å²) < 4.78 is 33.6. The van der Waals surface area contributed by atoms with Gasteiger partial charge in [0.25, 0.3) is 0 Å². The molecule has 0 atom stereocenters. The van der Waals surface area contributed by atoms with Crippen LogP contribution in [0.4, 0.5) is 0 Å². The SMILES string of the molecule is COc1ccc2[nH]c3c(c2c1)CCN(S(=O)(=O)c1c(C)cc(C)cc1C)C3. The molecule has 0 saturated heterocycles. The van der Waals surface area contributed by atoms with Gasteiger partial charge in [0.15, 0.2) is 0 Å². The monoisotopic (exact) mass is 384 g/mol. The Morgan fingerprint density at radius 2 is 1.78 bits per heavy atom. The predicted molar refractivity (Wildman–Crippen MR) is 107 cm³/mol. The van der Waals surface area contributed by atoms with Crippen LogP contribution in [0, 0.1) is 20.8 Å². The van der Waals surface area contributed by atoms with Crippen molar-refractivity contribution >= 4 is 20.9 Å². The van der Waals surface area contributed by atoms with E-state index in [9.17, 15) is 8.42 Å². The second-order valence-electron chi connectivity index (χ2n) is 7.31. The van der Waals surface area contributed by atoms with Crippen LogP contribution in [0.5, 0.6) is 5.75 Å².